The minimum atomic E-state index is -0.651. The van der Waals surface area contributed by atoms with E-state index < -0.39 is 11.6 Å². The van der Waals surface area contributed by atoms with Gasteiger partial charge in [-0.1, -0.05) is 0 Å². The van der Waals surface area contributed by atoms with Gasteiger partial charge in [0, 0.05) is 25.0 Å². The van der Waals surface area contributed by atoms with Crippen molar-refractivity contribution in [2.75, 3.05) is 13.6 Å². The van der Waals surface area contributed by atoms with Crippen LogP contribution in [0.15, 0.2) is 36.4 Å². The van der Waals surface area contributed by atoms with Crippen LogP contribution in [0.4, 0.5) is 18.0 Å². The summed E-state index contributed by atoms with van der Waals surface area (Å²) >= 11 is 0. The Morgan fingerprint density at radius 2 is 1.82 bits per heavy atom. The van der Waals surface area contributed by atoms with Crippen molar-refractivity contribution in [3.8, 4) is 11.3 Å². The molecule has 0 atom stereocenters. The van der Waals surface area contributed by atoms with Crippen LogP contribution in [-0.2, 0) is 0 Å². The lowest BCUT2D eigenvalue weighted by atomic mass is 9.70. The van der Waals surface area contributed by atoms with E-state index in [0.29, 0.717) is 23.5 Å². The normalized spacial score (nSPS) is 18.7. The third-order valence-electron chi connectivity index (χ3n) is 5.42. The topological polar surface area (TPSA) is 56.9 Å². The maximum absolute atomic E-state index is 14.3. The number of amides is 2. The Morgan fingerprint density at radius 1 is 1.11 bits per heavy atom. The van der Waals surface area contributed by atoms with Gasteiger partial charge in [-0.25, -0.2) is 18.0 Å². The highest BCUT2D eigenvalue weighted by Crippen LogP contribution is 2.48. The predicted molar refractivity (Wildman–Crippen MR) is 102 cm³/mol. The molecule has 1 heterocycles. The Morgan fingerprint density at radius 3 is 2.50 bits per heavy atom. The van der Waals surface area contributed by atoms with Crippen molar-refractivity contribution >= 4 is 16.9 Å². The number of carbonyl (C=O) groups is 1. The fraction of sp³-hybridized carbons (Fsp3) is 0.286. The molecular formula is C21H20F3N3O. The van der Waals surface area contributed by atoms with E-state index in [0.717, 1.165) is 30.0 Å². The second-order valence-electron chi connectivity index (χ2n) is 7.23. The van der Waals surface area contributed by atoms with Crippen molar-refractivity contribution in [2.45, 2.75) is 18.8 Å². The summed E-state index contributed by atoms with van der Waals surface area (Å²) in [6, 6.07) is 7.91. The molecule has 1 saturated carbocycles. The smallest absolute Gasteiger partial charge is 0.314 e. The molecule has 2 aromatic carbocycles. The second-order valence-corrected chi connectivity index (χ2v) is 7.23. The van der Waals surface area contributed by atoms with E-state index in [2.05, 4.69) is 15.6 Å². The Bertz CT molecular complexity index is 1020. The molecule has 0 unspecified atom stereocenters. The number of fused-ring (bicyclic) bond motifs is 1. The van der Waals surface area contributed by atoms with Crippen LogP contribution in [0.3, 0.4) is 0 Å². The first-order valence-electron chi connectivity index (χ1n) is 9.18. The highest BCUT2D eigenvalue weighted by atomic mass is 19.1. The van der Waals surface area contributed by atoms with Crippen LogP contribution in [0, 0.1) is 23.4 Å². The number of benzene rings is 2. The molecule has 2 amide bonds. The molecule has 3 N–H and O–H groups in total. The van der Waals surface area contributed by atoms with Crippen molar-refractivity contribution in [1.82, 2.24) is 15.6 Å². The number of H-pyrrole nitrogens is 1. The number of halogens is 3. The number of urea groups is 1. The zero-order chi connectivity index (χ0) is 19.8. The molecule has 0 bridgehead atoms. The van der Waals surface area contributed by atoms with Crippen LogP contribution in [0.25, 0.3) is 22.2 Å². The first kappa shape index (κ1) is 18.4. The van der Waals surface area contributed by atoms with Gasteiger partial charge >= 0.3 is 6.03 Å². The summed E-state index contributed by atoms with van der Waals surface area (Å²) in [4.78, 5) is 14.4. The molecule has 1 fully saturated rings. The van der Waals surface area contributed by atoms with Gasteiger partial charge in [0.2, 0.25) is 0 Å². The number of hydrogen-bond acceptors (Lipinski definition) is 1. The first-order chi connectivity index (χ1) is 13.5. The summed E-state index contributed by atoms with van der Waals surface area (Å²) in [6.45, 7) is 0.549. The van der Waals surface area contributed by atoms with E-state index in [1.807, 2.05) is 0 Å². The SMILES string of the molecule is CNC(=O)NC[C@H]1C[C@H](c2c(-c3ccc(F)cc3)[nH]c3c(F)cc(F)cc32)C1. The largest absolute Gasteiger partial charge is 0.352 e. The standard InChI is InChI=1S/C21H20F3N3O/c1-25-21(28)26-10-11-6-13(7-11)18-16-8-15(23)9-17(24)20(16)27-19(18)12-2-4-14(22)5-3-12/h2-5,8-9,11,13,27H,6-7,10H2,1H3,(H2,25,26,28)/t11-,13-. The predicted octanol–water partition coefficient (Wildman–Crippen LogP) is 4.67. The lowest BCUT2D eigenvalue weighted by Gasteiger charge is -2.36. The van der Waals surface area contributed by atoms with Gasteiger partial charge in [-0.15, -0.1) is 0 Å². The van der Waals surface area contributed by atoms with E-state index in [1.165, 1.54) is 18.2 Å². The van der Waals surface area contributed by atoms with Crippen molar-refractivity contribution < 1.29 is 18.0 Å². The fourth-order valence-electron chi connectivity index (χ4n) is 3.97. The third kappa shape index (κ3) is 3.32. The Kier molecular flexibility index (Phi) is 4.75. The van der Waals surface area contributed by atoms with E-state index in [-0.39, 0.29) is 23.3 Å². The maximum Gasteiger partial charge on any atom is 0.314 e. The van der Waals surface area contributed by atoms with Crippen molar-refractivity contribution in [1.29, 1.82) is 0 Å². The highest BCUT2D eigenvalue weighted by molar-refractivity contribution is 5.92. The third-order valence-corrected chi connectivity index (χ3v) is 5.42. The molecule has 7 heteroatoms. The van der Waals surface area contributed by atoms with Gasteiger partial charge in [-0.3, -0.25) is 0 Å². The number of nitrogens with one attached hydrogen (secondary N) is 3. The van der Waals surface area contributed by atoms with Gasteiger partial charge in [-0.2, -0.15) is 0 Å². The zero-order valence-corrected chi connectivity index (χ0v) is 15.3. The zero-order valence-electron chi connectivity index (χ0n) is 15.3. The molecule has 146 valence electrons. The van der Waals surface area contributed by atoms with Crippen LogP contribution in [0.1, 0.15) is 24.3 Å². The lowest BCUT2D eigenvalue weighted by Crippen LogP contribution is -2.39. The van der Waals surface area contributed by atoms with E-state index in [9.17, 15) is 18.0 Å². The molecule has 0 saturated heterocycles. The second kappa shape index (κ2) is 7.22. The maximum atomic E-state index is 14.3. The molecule has 28 heavy (non-hydrogen) atoms. The molecule has 1 aliphatic carbocycles. The molecule has 0 radical (unpaired) electrons. The van der Waals surface area contributed by atoms with Crippen LogP contribution in [0.5, 0.6) is 0 Å². The van der Waals surface area contributed by atoms with Gasteiger partial charge in [-0.05, 0) is 66.1 Å². The summed E-state index contributed by atoms with van der Waals surface area (Å²) in [5.41, 5.74) is 2.50. The number of carbonyl (C=O) groups excluding carboxylic acids is 1. The van der Waals surface area contributed by atoms with Crippen molar-refractivity contribution in [3.05, 3.63) is 59.4 Å². The van der Waals surface area contributed by atoms with Crippen molar-refractivity contribution in [2.24, 2.45) is 5.92 Å². The highest BCUT2D eigenvalue weighted by Gasteiger charge is 2.34. The van der Waals surface area contributed by atoms with Crippen LogP contribution in [0.2, 0.25) is 0 Å². The molecule has 4 nitrogen and oxygen atoms in total. The molecule has 1 aliphatic rings. The van der Waals surface area contributed by atoms with Gasteiger partial charge in [0.15, 0.2) is 0 Å². The Balaban J connectivity index is 1.69. The summed E-state index contributed by atoms with van der Waals surface area (Å²) in [6.07, 6.45) is 1.59. The van der Waals surface area contributed by atoms with E-state index in [1.54, 1.807) is 19.2 Å². The fourth-order valence-corrected chi connectivity index (χ4v) is 3.97. The minimum Gasteiger partial charge on any atom is -0.352 e. The van der Waals surface area contributed by atoms with Crippen LogP contribution in [-0.4, -0.2) is 24.6 Å². The van der Waals surface area contributed by atoms with Crippen LogP contribution < -0.4 is 10.6 Å². The van der Waals surface area contributed by atoms with Gasteiger partial charge in [0.05, 0.1) is 11.2 Å². The summed E-state index contributed by atoms with van der Waals surface area (Å²) in [7, 11) is 1.56. The number of aromatic nitrogens is 1. The Hall–Kier alpha value is -2.96. The minimum absolute atomic E-state index is 0.103. The molecule has 0 aliphatic heterocycles. The quantitative estimate of drug-likeness (QED) is 0.598. The summed E-state index contributed by atoms with van der Waals surface area (Å²) in [5, 5.41) is 5.81. The first-order valence-corrected chi connectivity index (χ1v) is 9.18. The number of rotatable bonds is 4. The Labute approximate surface area is 160 Å². The monoisotopic (exact) mass is 387 g/mol. The lowest BCUT2D eigenvalue weighted by molar-refractivity contribution is 0.226. The van der Waals surface area contributed by atoms with Gasteiger partial charge in [0.25, 0.3) is 0 Å². The van der Waals surface area contributed by atoms with E-state index in [4.69, 9.17) is 0 Å². The van der Waals surface area contributed by atoms with Gasteiger partial charge in [0.1, 0.15) is 17.5 Å². The molecule has 3 aromatic rings. The summed E-state index contributed by atoms with van der Waals surface area (Å²) < 4.78 is 41.6. The molecule has 1 aromatic heterocycles. The van der Waals surface area contributed by atoms with E-state index >= 15 is 0 Å². The summed E-state index contributed by atoms with van der Waals surface area (Å²) in [5.74, 6) is -1.24. The van der Waals surface area contributed by atoms with Crippen LogP contribution >= 0.6 is 0 Å². The number of hydrogen-bond donors (Lipinski definition) is 3. The number of aromatic amines is 1. The van der Waals surface area contributed by atoms with Gasteiger partial charge < -0.3 is 15.6 Å². The molecular weight excluding hydrogens is 367 g/mol. The molecule has 4 rings (SSSR count). The average Bonchev–Trinajstić information content (AvgIpc) is 3.00. The van der Waals surface area contributed by atoms with Crippen molar-refractivity contribution in [3.63, 3.8) is 0 Å². The average molecular weight is 387 g/mol. The molecule has 0 spiro atoms.